The number of nitrogens with zero attached hydrogens (tertiary/aromatic N) is 1. The SMILES string of the molecule is CCOC(=O)CNCc1cccc(CN2CCCC2)c1. The molecule has 1 aliphatic rings. The van der Waals surface area contributed by atoms with Crippen molar-refractivity contribution in [3.8, 4) is 0 Å². The molecule has 0 amide bonds. The highest BCUT2D eigenvalue weighted by Crippen LogP contribution is 2.13. The van der Waals surface area contributed by atoms with Gasteiger partial charge in [0.1, 0.15) is 0 Å². The van der Waals surface area contributed by atoms with E-state index < -0.39 is 0 Å². The Hall–Kier alpha value is -1.39. The molecule has 0 spiro atoms. The lowest BCUT2D eigenvalue weighted by atomic mass is 10.1. The van der Waals surface area contributed by atoms with Gasteiger partial charge in [-0.1, -0.05) is 24.3 Å². The monoisotopic (exact) mass is 276 g/mol. The predicted octanol–water partition coefficient (Wildman–Crippen LogP) is 1.94. The number of hydrogen-bond acceptors (Lipinski definition) is 4. The molecule has 1 aromatic rings. The van der Waals surface area contributed by atoms with E-state index in [1.807, 2.05) is 6.92 Å². The van der Waals surface area contributed by atoms with Crippen LogP contribution in [-0.2, 0) is 22.6 Å². The number of hydrogen-bond donors (Lipinski definition) is 1. The fraction of sp³-hybridized carbons (Fsp3) is 0.562. The Labute approximate surface area is 121 Å². The van der Waals surface area contributed by atoms with Crippen LogP contribution in [0.25, 0.3) is 0 Å². The van der Waals surface area contributed by atoms with E-state index in [-0.39, 0.29) is 12.5 Å². The van der Waals surface area contributed by atoms with Gasteiger partial charge in [0.2, 0.25) is 0 Å². The van der Waals surface area contributed by atoms with Crippen molar-refractivity contribution in [3.63, 3.8) is 0 Å². The summed E-state index contributed by atoms with van der Waals surface area (Å²) in [6, 6.07) is 8.57. The largest absolute Gasteiger partial charge is 0.465 e. The van der Waals surface area contributed by atoms with Crippen molar-refractivity contribution in [2.45, 2.75) is 32.9 Å². The van der Waals surface area contributed by atoms with Crippen LogP contribution in [0.2, 0.25) is 0 Å². The van der Waals surface area contributed by atoms with Gasteiger partial charge in [-0.15, -0.1) is 0 Å². The second-order valence-electron chi connectivity index (χ2n) is 5.21. The van der Waals surface area contributed by atoms with Gasteiger partial charge in [-0.05, 0) is 44.0 Å². The molecule has 1 N–H and O–H groups in total. The summed E-state index contributed by atoms with van der Waals surface area (Å²) in [5.74, 6) is -0.194. The molecule has 0 aromatic heterocycles. The predicted molar refractivity (Wildman–Crippen MR) is 79.3 cm³/mol. The molecule has 1 heterocycles. The number of likely N-dealkylation sites (tertiary alicyclic amines) is 1. The molecule has 0 radical (unpaired) electrons. The van der Waals surface area contributed by atoms with Crippen LogP contribution in [-0.4, -0.2) is 37.1 Å². The van der Waals surface area contributed by atoms with Crippen LogP contribution in [0.5, 0.6) is 0 Å². The quantitative estimate of drug-likeness (QED) is 0.773. The summed E-state index contributed by atoms with van der Waals surface area (Å²) in [5, 5.41) is 3.12. The highest BCUT2D eigenvalue weighted by Gasteiger charge is 2.11. The van der Waals surface area contributed by atoms with E-state index in [2.05, 4.69) is 34.5 Å². The molecule has 4 nitrogen and oxygen atoms in total. The molecular weight excluding hydrogens is 252 g/mol. The van der Waals surface area contributed by atoms with Crippen LogP contribution in [0, 0.1) is 0 Å². The Morgan fingerprint density at radius 2 is 2.05 bits per heavy atom. The average Bonchev–Trinajstić information content (AvgIpc) is 2.92. The van der Waals surface area contributed by atoms with Crippen molar-refractivity contribution in [1.29, 1.82) is 0 Å². The minimum absolute atomic E-state index is 0.194. The lowest BCUT2D eigenvalue weighted by Gasteiger charge is -2.15. The maximum atomic E-state index is 11.2. The minimum Gasteiger partial charge on any atom is -0.465 e. The number of rotatable bonds is 7. The number of esters is 1. The van der Waals surface area contributed by atoms with E-state index in [4.69, 9.17) is 4.74 Å². The molecule has 110 valence electrons. The molecule has 0 unspecified atom stereocenters. The molecule has 0 saturated carbocycles. The van der Waals surface area contributed by atoms with Gasteiger partial charge < -0.3 is 10.1 Å². The molecule has 0 bridgehead atoms. The second kappa shape index (κ2) is 8.02. The van der Waals surface area contributed by atoms with Crippen LogP contribution in [0.15, 0.2) is 24.3 Å². The summed E-state index contributed by atoms with van der Waals surface area (Å²) in [6.45, 7) is 6.69. The molecule has 2 rings (SSSR count). The summed E-state index contributed by atoms with van der Waals surface area (Å²) in [6.07, 6.45) is 2.64. The maximum absolute atomic E-state index is 11.2. The number of carbonyl (C=O) groups excluding carboxylic acids is 1. The van der Waals surface area contributed by atoms with Gasteiger partial charge in [0, 0.05) is 13.1 Å². The van der Waals surface area contributed by atoms with E-state index in [1.165, 1.54) is 37.1 Å². The summed E-state index contributed by atoms with van der Waals surface area (Å²) in [7, 11) is 0. The van der Waals surface area contributed by atoms with Crippen molar-refractivity contribution in [2.24, 2.45) is 0 Å². The zero-order chi connectivity index (χ0) is 14.2. The van der Waals surface area contributed by atoms with Crippen molar-refractivity contribution in [3.05, 3.63) is 35.4 Å². The van der Waals surface area contributed by atoms with Gasteiger partial charge in [-0.3, -0.25) is 9.69 Å². The first-order chi connectivity index (χ1) is 9.78. The summed E-state index contributed by atoms with van der Waals surface area (Å²) in [5.41, 5.74) is 2.56. The van der Waals surface area contributed by atoms with Crippen LogP contribution in [0.1, 0.15) is 30.9 Å². The number of benzene rings is 1. The summed E-state index contributed by atoms with van der Waals surface area (Å²) < 4.78 is 4.88. The molecule has 4 heteroatoms. The first kappa shape index (κ1) is 15.0. The minimum atomic E-state index is -0.194. The third-order valence-electron chi connectivity index (χ3n) is 3.50. The Morgan fingerprint density at radius 1 is 1.30 bits per heavy atom. The molecule has 1 aliphatic heterocycles. The number of ether oxygens (including phenoxy) is 1. The van der Waals surface area contributed by atoms with Gasteiger partial charge in [0.15, 0.2) is 0 Å². The van der Waals surface area contributed by atoms with Crippen LogP contribution < -0.4 is 5.32 Å². The maximum Gasteiger partial charge on any atom is 0.319 e. The van der Waals surface area contributed by atoms with E-state index in [9.17, 15) is 4.79 Å². The van der Waals surface area contributed by atoms with E-state index in [0.29, 0.717) is 13.2 Å². The van der Waals surface area contributed by atoms with Gasteiger partial charge in [-0.25, -0.2) is 0 Å². The molecule has 1 saturated heterocycles. The van der Waals surface area contributed by atoms with Gasteiger partial charge in [-0.2, -0.15) is 0 Å². The Kier molecular flexibility index (Phi) is 6.02. The summed E-state index contributed by atoms with van der Waals surface area (Å²) >= 11 is 0. The van der Waals surface area contributed by atoms with Crippen LogP contribution in [0.3, 0.4) is 0 Å². The zero-order valence-corrected chi connectivity index (χ0v) is 12.2. The topological polar surface area (TPSA) is 41.6 Å². The average molecular weight is 276 g/mol. The normalized spacial score (nSPS) is 15.4. The fourth-order valence-corrected chi connectivity index (χ4v) is 2.56. The van der Waals surface area contributed by atoms with Crippen molar-refractivity contribution >= 4 is 5.97 Å². The molecular formula is C16H24N2O2. The third kappa shape index (κ3) is 4.94. The van der Waals surface area contributed by atoms with E-state index in [1.54, 1.807) is 0 Å². The fourth-order valence-electron chi connectivity index (χ4n) is 2.56. The smallest absolute Gasteiger partial charge is 0.319 e. The van der Waals surface area contributed by atoms with Crippen molar-refractivity contribution < 1.29 is 9.53 Å². The Balaban J connectivity index is 1.78. The number of carbonyl (C=O) groups is 1. The third-order valence-corrected chi connectivity index (χ3v) is 3.50. The highest BCUT2D eigenvalue weighted by atomic mass is 16.5. The first-order valence-electron chi connectivity index (χ1n) is 7.44. The lowest BCUT2D eigenvalue weighted by Crippen LogP contribution is -2.24. The Bertz CT molecular complexity index is 428. The summed E-state index contributed by atoms with van der Waals surface area (Å²) in [4.78, 5) is 13.7. The second-order valence-corrected chi connectivity index (χ2v) is 5.21. The number of nitrogens with one attached hydrogen (secondary N) is 1. The highest BCUT2D eigenvalue weighted by molar-refractivity contribution is 5.71. The van der Waals surface area contributed by atoms with Gasteiger partial charge >= 0.3 is 5.97 Å². The molecule has 1 aromatic carbocycles. The lowest BCUT2D eigenvalue weighted by molar-refractivity contribution is -0.142. The molecule has 1 fully saturated rings. The van der Waals surface area contributed by atoms with E-state index in [0.717, 1.165) is 6.54 Å². The molecule has 20 heavy (non-hydrogen) atoms. The van der Waals surface area contributed by atoms with Gasteiger partial charge in [0.25, 0.3) is 0 Å². The standard InChI is InChI=1S/C16H24N2O2/c1-2-20-16(19)12-17-11-14-6-5-7-15(10-14)13-18-8-3-4-9-18/h5-7,10,17H,2-4,8-9,11-13H2,1H3. The van der Waals surface area contributed by atoms with Crippen molar-refractivity contribution in [1.82, 2.24) is 10.2 Å². The van der Waals surface area contributed by atoms with Crippen molar-refractivity contribution in [2.75, 3.05) is 26.2 Å². The van der Waals surface area contributed by atoms with Crippen LogP contribution >= 0.6 is 0 Å². The molecule has 0 aliphatic carbocycles. The van der Waals surface area contributed by atoms with Crippen LogP contribution in [0.4, 0.5) is 0 Å². The van der Waals surface area contributed by atoms with E-state index >= 15 is 0 Å². The molecule has 0 atom stereocenters. The Morgan fingerprint density at radius 3 is 2.80 bits per heavy atom. The zero-order valence-electron chi connectivity index (χ0n) is 12.2. The first-order valence-corrected chi connectivity index (χ1v) is 7.44. The van der Waals surface area contributed by atoms with Gasteiger partial charge in [0.05, 0.1) is 13.2 Å².